The highest BCUT2D eigenvalue weighted by molar-refractivity contribution is 14.1. The van der Waals surface area contributed by atoms with Gasteiger partial charge in [-0.15, -0.1) is 0 Å². The van der Waals surface area contributed by atoms with Crippen LogP contribution < -0.4 is 0 Å². The summed E-state index contributed by atoms with van der Waals surface area (Å²) in [6.45, 7) is 7.21. The van der Waals surface area contributed by atoms with Gasteiger partial charge in [-0.25, -0.2) is 0 Å². The van der Waals surface area contributed by atoms with Crippen molar-refractivity contribution in [3.63, 3.8) is 0 Å². The van der Waals surface area contributed by atoms with E-state index >= 15 is 0 Å². The highest BCUT2D eigenvalue weighted by Crippen LogP contribution is 2.65. The van der Waals surface area contributed by atoms with Gasteiger partial charge >= 0.3 is 0 Å². The first-order chi connectivity index (χ1) is 11.8. The van der Waals surface area contributed by atoms with Crippen molar-refractivity contribution >= 4 is 28.4 Å². The summed E-state index contributed by atoms with van der Waals surface area (Å²) >= 11 is 2.53. The molecule has 0 saturated heterocycles. The summed E-state index contributed by atoms with van der Waals surface area (Å²) in [5.41, 5.74) is 1.49. The number of carbonyl (C=O) groups excluding carboxylic acids is 1. The normalized spacial score (nSPS) is 49.9. The van der Waals surface area contributed by atoms with Crippen LogP contribution in [0.5, 0.6) is 0 Å². The molecule has 0 aromatic rings. The summed E-state index contributed by atoms with van der Waals surface area (Å²) in [5.74, 6) is 3.04. The van der Waals surface area contributed by atoms with Crippen molar-refractivity contribution in [3.8, 4) is 0 Å². The molecule has 0 spiro atoms. The van der Waals surface area contributed by atoms with Crippen molar-refractivity contribution in [2.75, 3.05) is 4.43 Å². The molecule has 2 nitrogen and oxygen atoms in total. The number of carbonyl (C=O) groups is 1. The molecule has 2 fully saturated rings. The fourth-order valence-electron chi connectivity index (χ4n) is 7.07. The van der Waals surface area contributed by atoms with Gasteiger partial charge in [0.1, 0.15) is 0 Å². The predicted octanol–water partition coefficient (Wildman–Crippen LogP) is 4.95. The van der Waals surface area contributed by atoms with E-state index in [1.807, 2.05) is 12.2 Å². The van der Waals surface area contributed by atoms with E-state index < -0.39 is 6.10 Å². The molecule has 1 N–H and O–H groups in total. The Labute approximate surface area is 165 Å². The van der Waals surface area contributed by atoms with Gasteiger partial charge in [0.2, 0.25) is 0 Å². The van der Waals surface area contributed by atoms with Crippen LogP contribution in [0.1, 0.15) is 52.9 Å². The molecule has 0 amide bonds. The molecule has 0 radical (unpaired) electrons. The van der Waals surface area contributed by atoms with Gasteiger partial charge < -0.3 is 5.11 Å². The van der Waals surface area contributed by atoms with Gasteiger partial charge in [0.25, 0.3) is 0 Å². The average molecular weight is 454 g/mol. The van der Waals surface area contributed by atoms with Crippen LogP contribution in [0.25, 0.3) is 0 Å². The smallest absolute Gasteiger partial charge is 0.159 e. The Morgan fingerprint density at radius 3 is 2.76 bits per heavy atom. The Morgan fingerprint density at radius 2 is 2.04 bits per heavy atom. The minimum absolute atomic E-state index is 0.0217. The van der Waals surface area contributed by atoms with Crippen molar-refractivity contribution in [2.24, 2.45) is 40.4 Å². The minimum Gasteiger partial charge on any atom is -0.389 e. The van der Waals surface area contributed by atoms with E-state index in [0.29, 0.717) is 29.5 Å². The second-order valence-corrected chi connectivity index (χ2v) is 10.5. The van der Waals surface area contributed by atoms with Crippen molar-refractivity contribution in [3.05, 3.63) is 23.8 Å². The Hall–Kier alpha value is -0.160. The van der Waals surface area contributed by atoms with Gasteiger partial charge in [0, 0.05) is 15.8 Å². The Morgan fingerprint density at radius 1 is 1.28 bits per heavy atom. The summed E-state index contributed by atoms with van der Waals surface area (Å²) in [4.78, 5) is 13.2. The zero-order chi connectivity index (χ0) is 18.0. The number of ketones is 1. The maximum Gasteiger partial charge on any atom is 0.159 e. The SMILES string of the molecule is C[C@H](CI)[C@H]1CC[C@H]2[C@@H]3C(=O)C=C4C[C@@H](O)C=C[C@]4(C)[C@H]3CC[C@]12C. The highest BCUT2D eigenvalue weighted by atomic mass is 127. The summed E-state index contributed by atoms with van der Waals surface area (Å²) in [6.07, 6.45) is 11.3. The van der Waals surface area contributed by atoms with Crippen LogP contribution in [0.4, 0.5) is 0 Å². The number of fused-ring (bicyclic) bond motifs is 5. The first-order valence-electron chi connectivity index (χ1n) is 9.99. The molecule has 0 aromatic heterocycles. The highest BCUT2D eigenvalue weighted by Gasteiger charge is 2.60. The molecule has 4 aliphatic rings. The van der Waals surface area contributed by atoms with Crippen LogP contribution in [0.2, 0.25) is 0 Å². The zero-order valence-corrected chi connectivity index (χ0v) is 17.8. The third-order valence-corrected chi connectivity index (χ3v) is 9.86. The van der Waals surface area contributed by atoms with Crippen molar-refractivity contribution in [1.29, 1.82) is 0 Å². The lowest BCUT2D eigenvalue weighted by atomic mass is 9.47. The van der Waals surface area contributed by atoms with Crippen LogP contribution in [-0.2, 0) is 4.79 Å². The van der Waals surface area contributed by atoms with E-state index in [-0.39, 0.29) is 11.3 Å². The number of aliphatic hydroxyl groups is 1. The second kappa shape index (κ2) is 6.19. The van der Waals surface area contributed by atoms with Crippen molar-refractivity contribution in [1.82, 2.24) is 0 Å². The molecule has 0 aromatic carbocycles. The van der Waals surface area contributed by atoms with Crippen LogP contribution in [0.3, 0.4) is 0 Å². The minimum atomic E-state index is -0.419. The number of rotatable bonds is 2. The van der Waals surface area contributed by atoms with Gasteiger partial charge in [-0.05, 0) is 67.3 Å². The number of aliphatic hydroxyl groups excluding tert-OH is 1. The number of alkyl halides is 1. The van der Waals surface area contributed by atoms with E-state index in [4.69, 9.17) is 0 Å². The quantitative estimate of drug-likeness (QED) is 0.364. The Bertz CT molecular complexity index is 638. The molecule has 138 valence electrons. The molecule has 0 aliphatic heterocycles. The zero-order valence-electron chi connectivity index (χ0n) is 15.7. The Balaban J connectivity index is 1.71. The van der Waals surface area contributed by atoms with E-state index in [1.54, 1.807) is 0 Å². The number of allylic oxidation sites excluding steroid dienone is 2. The maximum atomic E-state index is 13.2. The van der Waals surface area contributed by atoms with Crippen molar-refractivity contribution < 1.29 is 9.90 Å². The largest absolute Gasteiger partial charge is 0.389 e. The van der Waals surface area contributed by atoms with Crippen LogP contribution in [-0.4, -0.2) is 21.4 Å². The fourth-order valence-corrected chi connectivity index (χ4v) is 7.68. The van der Waals surface area contributed by atoms with E-state index in [9.17, 15) is 9.90 Å². The van der Waals surface area contributed by atoms with Gasteiger partial charge in [0.05, 0.1) is 6.10 Å². The Kier molecular flexibility index (Phi) is 4.51. The maximum absolute atomic E-state index is 13.2. The number of halogens is 1. The van der Waals surface area contributed by atoms with Gasteiger partial charge in [0.15, 0.2) is 5.78 Å². The standard InChI is InChI=1S/C22H31IO2/c1-13(12-23)16-4-5-17-20-18(7-9-22(16,17)3)21(2)8-6-15(24)10-14(21)11-19(20)25/h6,8,11,13,15-18,20,24H,4-5,7,9-10,12H2,1-3H3/t13-,15+,16-,17+,18+,20+,21+,22-/m1/s1. The number of hydrogen-bond acceptors (Lipinski definition) is 2. The number of hydrogen-bond donors (Lipinski definition) is 1. The van der Waals surface area contributed by atoms with Gasteiger partial charge in [-0.1, -0.05) is 61.1 Å². The van der Waals surface area contributed by atoms with Crippen LogP contribution >= 0.6 is 22.6 Å². The molecule has 0 bridgehead atoms. The fraction of sp³-hybridized carbons (Fsp3) is 0.773. The van der Waals surface area contributed by atoms with Gasteiger partial charge in [-0.2, -0.15) is 0 Å². The molecule has 25 heavy (non-hydrogen) atoms. The molecular weight excluding hydrogens is 423 g/mol. The van der Waals surface area contributed by atoms with Crippen molar-refractivity contribution in [2.45, 2.75) is 59.0 Å². The lowest BCUT2D eigenvalue weighted by Gasteiger charge is -2.56. The third kappa shape index (κ3) is 2.55. The van der Waals surface area contributed by atoms with Crippen LogP contribution in [0.15, 0.2) is 23.8 Å². The molecule has 4 rings (SSSR count). The molecule has 0 heterocycles. The molecular formula is C22H31IO2. The van der Waals surface area contributed by atoms with Crippen LogP contribution in [0, 0.1) is 40.4 Å². The molecule has 2 saturated carbocycles. The van der Waals surface area contributed by atoms with E-state index in [2.05, 4.69) is 49.4 Å². The van der Waals surface area contributed by atoms with Gasteiger partial charge in [-0.3, -0.25) is 4.79 Å². The second-order valence-electron chi connectivity index (χ2n) is 9.58. The summed E-state index contributed by atoms with van der Waals surface area (Å²) < 4.78 is 1.22. The molecule has 8 atom stereocenters. The molecule has 4 aliphatic carbocycles. The third-order valence-electron chi connectivity index (χ3n) is 8.47. The summed E-state index contributed by atoms with van der Waals surface area (Å²) in [5, 5.41) is 10.0. The monoisotopic (exact) mass is 454 g/mol. The van der Waals surface area contributed by atoms with E-state index in [1.165, 1.54) is 29.3 Å². The lowest BCUT2D eigenvalue weighted by molar-refractivity contribution is -0.132. The summed E-state index contributed by atoms with van der Waals surface area (Å²) in [6, 6.07) is 0. The molecule has 0 unspecified atom stereocenters. The first kappa shape index (κ1) is 18.2. The first-order valence-corrected chi connectivity index (χ1v) is 11.5. The average Bonchev–Trinajstić information content (AvgIpc) is 2.93. The molecule has 3 heteroatoms. The topological polar surface area (TPSA) is 37.3 Å². The summed E-state index contributed by atoms with van der Waals surface area (Å²) in [7, 11) is 0. The van der Waals surface area contributed by atoms with E-state index in [0.717, 1.165) is 18.3 Å². The lowest BCUT2D eigenvalue weighted by Crippen LogP contribution is -2.52. The predicted molar refractivity (Wildman–Crippen MR) is 110 cm³/mol.